The van der Waals surface area contributed by atoms with E-state index in [1.165, 1.54) is 42.5 Å². The smallest absolute Gasteiger partial charge is 0.135 e. The molecule has 6 aromatic carbocycles. The fourth-order valence-electron chi connectivity index (χ4n) is 7.95. The first kappa shape index (κ1) is 32.7. The fraction of sp³-hybridized carbons (Fsp3) is 0.143. The van der Waals surface area contributed by atoms with Crippen LogP contribution in [-0.2, 0) is 4.74 Å². The number of hydrogen-bond acceptors (Lipinski definition) is 10. The van der Waals surface area contributed by atoms with Crippen LogP contribution >= 0.6 is 0 Å². The minimum Gasteiger partial charge on any atom is -0.508 e. The van der Waals surface area contributed by atoms with Gasteiger partial charge in [-0.05, 0) is 100 Å². The van der Waals surface area contributed by atoms with E-state index in [9.17, 15) is 40.9 Å². The SMILES string of the molecule is Oc1ccc([C@H]2O[C@H](c3cccc(O)c3)[C@@H](c3cc(O)cc(O)c3)[C@@H]2c2cc(O)cc3c2[C@@H](c2cc(O)cc(O)c2)[C@H](c2ccc(O)cc2)O3)cc1. The average Bonchev–Trinajstić information content (AvgIpc) is 3.68. The molecule has 2 heterocycles. The Balaban J connectivity index is 1.42. The zero-order valence-corrected chi connectivity index (χ0v) is 27.4. The lowest BCUT2D eigenvalue weighted by Gasteiger charge is -2.29. The Bertz CT molecular complexity index is 2240. The maximum Gasteiger partial charge on any atom is 0.135 e. The summed E-state index contributed by atoms with van der Waals surface area (Å²) in [5.41, 5.74) is 4.20. The molecule has 8 rings (SSSR count). The van der Waals surface area contributed by atoms with Crippen LogP contribution in [0.5, 0.6) is 51.7 Å². The van der Waals surface area contributed by atoms with Gasteiger partial charge in [-0.2, -0.15) is 0 Å². The number of hydrogen-bond donors (Lipinski definition) is 8. The number of benzene rings is 6. The number of aromatic hydroxyl groups is 8. The molecule has 6 atom stereocenters. The minimum atomic E-state index is -0.770. The van der Waals surface area contributed by atoms with Crippen LogP contribution in [0.2, 0.25) is 0 Å². The molecule has 6 aromatic rings. The molecule has 2 aliphatic rings. The number of phenols is 8. The van der Waals surface area contributed by atoms with Crippen LogP contribution in [-0.4, -0.2) is 40.9 Å². The van der Waals surface area contributed by atoms with Crippen LogP contribution < -0.4 is 4.74 Å². The lowest BCUT2D eigenvalue weighted by atomic mass is 9.71. The summed E-state index contributed by atoms with van der Waals surface area (Å²) < 4.78 is 13.6. The van der Waals surface area contributed by atoms with E-state index in [-0.39, 0.29) is 46.0 Å². The molecule has 0 aliphatic carbocycles. The molecule has 0 unspecified atom stereocenters. The van der Waals surface area contributed by atoms with Gasteiger partial charge in [0.1, 0.15) is 57.8 Å². The third-order valence-corrected chi connectivity index (χ3v) is 9.95. The largest absolute Gasteiger partial charge is 0.508 e. The Morgan fingerprint density at radius 3 is 1.44 bits per heavy atom. The molecule has 0 radical (unpaired) electrons. The van der Waals surface area contributed by atoms with Crippen molar-refractivity contribution in [3.05, 3.63) is 160 Å². The number of fused-ring (bicyclic) bond motifs is 1. The highest BCUT2D eigenvalue weighted by Gasteiger charge is 2.51. The summed E-state index contributed by atoms with van der Waals surface area (Å²) in [6.45, 7) is 0. The summed E-state index contributed by atoms with van der Waals surface area (Å²) in [5, 5.41) is 85.1. The van der Waals surface area contributed by atoms with E-state index in [0.29, 0.717) is 44.7 Å². The molecule has 10 nitrogen and oxygen atoms in total. The van der Waals surface area contributed by atoms with E-state index in [4.69, 9.17) is 9.47 Å². The van der Waals surface area contributed by atoms with Crippen molar-refractivity contribution >= 4 is 0 Å². The van der Waals surface area contributed by atoms with Gasteiger partial charge < -0.3 is 50.3 Å². The third-order valence-electron chi connectivity index (χ3n) is 9.95. The summed E-state index contributed by atoms with van der Waals surface area (Å²) >= 11 is 0. The van der Waals surface area contributed by atoms with Gasteiger partial charge in [-0.1, -0.05) is 36.4 Å². The summed E-state index contributed by atoms with van der Waals surface area (Å²) in [6, 6.07) is 31.4. The highest BCUT2D eigenvalue weighted by molar-refractivity contribution is 5.60. The highest BCUT2D eigenvalue weighted by Crippen LogP contribution is 2.63. The molecule has 52 heavy (non-hydrogen) atoms. The van der Waals surface area contributed by atoms with E-state index in [1.54, 1.807) is 72.8 Å². The molecule has 0 bridgehead atoms. The van der Waals surface area contributed by atoms with Crippen LogP contribution in [0.15, 0.2) is 121 Å². The zero-order chi connectivity index (χ0) is 36.3. The van der Waals surface area contributed by atoms with Crippen LogP contribution in [0.25, 0.3) is 0 Å². The van der Waals surface area contributed by atoms with Crippen LogP contribution in [0.4, 0.5) is 0 Å². The van der Waals surface area contributed by atoms with E-state index in [2.05, 4.69) is 0 Å². The lowest BCUT2D eigenvalue weighted by molar-refractivity contribution is 0.0365. The lowest BCUT2D eigenvalue weighted by Crippen LogP contribution is -2.17. The first-order valence-corrected chi connectivity index (χ1v) is 16.6. The zero-order valence-electron chi connectivity index (χ0n) is 27.4. The molecule has 0 amide bonds. The average molecular weight is 699 g/mol. The summed E-state index contributed by atoms with van der Waals surface area (Å²) in [7, 11) is 0. The van der Waals surface area contributed by atoms with Gasteiger partial charge >= 0.3 is 0 Å². The van der Waals surface area contributed by atoms with Crippen molar-refractivity contribution in [3.63, 3.8) is 0 Å². The van der Waals surface area contributed by atoms with Crippen LogP contribution in [0.3, 0.4) is 0 Å². The maximum absolute atomic E-state index is 11.4. The Hall–Kier alpha value is -6.52. The molecule has 10 heteroatoms. The molecule has 1 saturated heterocycles. The third kappa shape index (κ3) is 5.88. The molecule has 262 valence electrons. The second-order valence-electron chi connectivity index (χ2n) is 13.3. The minimum absolute atomic E-state index is 0.00961. The van der Waals surface area contributed by atoms with E-state index >= 15 is 0 Å². The van der Waals surface area contributed by atoms with Crippen molar-refractivity contribution in [2.24, 2.45) is 0 Å². The van der Waals surface area contributed by atoms with Gasteiger partial charge in [0.05, 0.1) is 18.1 Å². The quantitative estimate of drug-likeness (QED) is 0.0850. The topological polar surface area (TPSA) is 180 Å². The van der Waals surface area contributed by atoms with E-state index in [0.717, 1.165) is 0 Å². The number of phenolic OH excluding ortho intramolecular Hbond substituents is 8. The predicted molar refractivity (Wildman–Crippen MR) is 189 cm³/mol. The maximum atomic E-state index is 11.4. The molecular weight excluding hydrogens is 664 g/mol. The Kier molecular flexibility index (Phi) is 7.96. The van der Waals surface area contributed by atoms with Crippen molar-refractivity contribution < 1.29 is 50.3 Å². The molecule has 2 aliphatic heterocycles. The second-order valence-corrected chi connectivity index (χ2v) is 13.3. The summed E-state index contributed by atoms with van der Waals surface area (Å²) in [5.74, 6) is -2.39. The monoisotopic (exact) mass is 698 g/mol. The van der Waals surface area contributed by atoms with Gasteiger partial charge in [-0.15, -0.1) is 0 Å². The van der Waals surface area contributed by atoms with Gasteiger partial charge in [0.25, 0.3) is 0 Å². The van der Waals surface area contributed by atoms with Crippen molar-refractivity contribution in [3.8, 4) is 51.7 Å². The van der Waals surface area contributed by atoms with Crippen molar-refractivity contribution in [1.29, 1.82) is 0 Å². The van der Waals surface area contributed by atoms with Crippen LogP contribution in [0.1, 0.15) is 75.0 Å². The predicted octanol–water partition coefficient (Wildman–Crippen LogP) is 7.98. The molecule has 1 fully saturated rings. The highest BCUT2D eigenvalue weighted by atomic mass is 16.5. The standard InChI is InChI=1S/C42H34O10/c43-26-8-4-21(5-9-26)40-36(24-13-29(46)17-30(47)14-24)38-34(19-33(50)20-35(38)51-40)39-37(25-15-31(48)18-32(49)16-25)42(23-2-1-3-28(45)12-23)52-41(39)22-6-10-27(44)11-7-22/h1-20,36-37,39-50H/t36-,37+,39+,40+,41-,42-/m1/s1. The van der Waals surface area contributed by atoms with Gasteiger partial charge in [-0.25, -0.2) is 0 Å². The van der Waals surface area contributed by atoms with Crippen LogP contribution in [0, 0.1) is 0 Å². The summed E-state index contributed by atoms with van der Waals surface area (Å²) in [4.78, 5) is 0. The van der Waals surface area contributed by atoms with Gasteiger partial charge in [-0.3, -0.25) is 0 Å². The van der Waals surface area contributed by atoms with Crippen molar-refractivity contribution in [2.45, 2.75) is 36.1 Å². The normalized spacial score (nSPS) is 22.2. The Morgan fingerprint density at radius 2 is 0.865 bits per heavy atom. The fourth-order valence-corrected chi connectivity index (χ4v) is 7.95. The number of rotatable bonds is 6. The van der Waals surface area contributed by atoms with Crippen molar-refractivity contribution in [1.82, 2.24) is 0 Å². The number of ether oxygens (including phenoxy) is 2. The van der Waals surface area contributed by atoms with Gasteiger partial charge in [0.15, 0.2) is 0 Å². The molecular formula is C42H34O10. The van der Waals surface area contributed by atoms with Crippen molar-refractivity contribution in [2.75, 3.05) is 0 Å². The second kappa shape index (κ2) is 12.7. The first-order valence-electron chi connectivity index (χ1n) is 16.6. The van der Waals surface area contributed by atoms with Gasteiger partial charge in [0.2, 0.25) is 0 Å². The molecule has 0 saturated carbocycles. The summed E-state index contributed by atoms with van der Waals surface area (Å²) in [6.07, 6.45) is -2.27. The molecule has 0 aromatic heterocycles. The Morgan fingerprint density at radius 1 is 0.365 bits per heavy atom. The van der Waals surface area contributed by atoms with E-state index in [1.807, 2.05) is 6.07 Å². The molecule has 8 N–H and O–H groups in total. The van der Waals surface area contributed by atoms with E-state index < -0.39 is 36.1 Å². The van der Waals surface area contributed by atoms with Gasteiger partial charge in [0, 0.05) is 35.6 Å². The molecule has 0 spiro atoms. The first-order chi connectivity index (χ1) is 25.0. The Labute approximate surface area is 297 Å².